The molecule has 0 aliphatic carbocycles. The van der Waals surface area contributed by atoms with Crippen LogP contribution in [0.15, 0.2) is 47.2 Å². The third kappa shape index (κ3) is 3.89. The minimum absolute atomic E-state index is 0.0147. The van der Waals surface area contributed by atoms with Gasteiger partial charge in [0.2, 0.25) is 0 Å². The molecule has 1 saturated heterocycles. The molecule has 1 N–H and O–H groups in total. The summed E-state index contributed by atoms with van der Waals surface area (Å²) >= 11 is 9.39. The maximum absolute atomic E-state index is 12.8. The molecule has 4 rings (SSSR count). The Labute approximate surface area is 177 Å². The fourth-order valence-corrected chi connectivity index (χ4v) is 4.57. The summed E-state index contributed by atoms with van der Waals surface area (Å²) in [5.41, 5.74) is 2.22. The Balaban J connectivity index is 1.38. The van der Waals surface area contributed by atoms with E-state index < -0.39 is 6.10 Å². The van der Waals surface area contributed by atoms with Gasteiger partial charge < -0.3 is 14.6 Å². The molecule has 1 fully saturated rings. The number of piperidine rings is 1. The van der Waals surface area contributed by atoms with E-state index in [1.165, 1.54) is 10.9 Å². The normalized spacial score (nSPS) is 16.3. The summed E-state index contributed by atoms with van der Waals surface area (Å²) in [6.45, 7) is 3.25. The van der Waals surface area contributed by atoms with Crippen molar-refractivity contribution in [1.82, 2.24) is 14.9 Å². The summed E-state index contributed by atoms with van der Waals surface area (Å²) in [7, 11) is 0. The van der Waals surface area contributed by atoms with E-state index in [0.717, 1.165) is 36.1 Å². The smallest absolute Gasteiger partial charge is 0.263 e. The number of pyridine rings is 1. The molecule has 146 valence electrons. The standard InChI is InChI=1S/C21H21BrClN3O2/c1-13(28-19-5-4-15(23)11-18(19)22)21(27)26-9-6-14(7-10-26)17-12-25-20-16(17)3-2-8-24-20/h2-5,8,11-14H,6-7,9-10H2,1H3,(H,24,25). The zero-order chi connectivity index (χ0) is 19.7. The number of rotatable bonds is 4. The first kappa shape index (κ1) is 19.3. The molecule has 0 spiro atoms. The highest BCUT2D eigenvalue weighted by molar-refractivity contribution is 9.10. The molecule has 2 aromatic heterocycles. The summed E-state index contributed by atoms with van der Waals surface area (Å²) in [5.74, 6) is 1.07. The van der Waals surface area contributed by atoms with Crippen molar-refractivity contribution in [3.05, 3.63) is 57.8 Å². The molecule has 1 aliphatic rings. The van der Waals surface area contributed by atoms with Gasteiger partial charge in [0.25, 0.3) is 5.91 Å². The number of likely N-dealkylation sites (tertiary alicyclic amines) is 1. The zero-order valence-electron chi connectivity index (χ0n) is 15.5. The molecule has 1 aliphatic heterocycles. The number of aromatic amines is 1. The van der Waals surface area contributed by atoms with Crippen LogP contribution in [0.2, 0.25) is 5.02 Å². The molecule has 0 radical (unpaired) electrons. The molecule has 28 heavy (non-hydrogen) atoms. The number of fused-ring (bicyclic) bond motifs is 1. The van der Waals surface area contributed by atoms with E-state index >= 15 is 0 Å². The van der Waals surface area contributed by atoms with E-state index in [-0.39, 0.29) is 5.91 Å². The van der Waals surface area contributed by atoms with Gasteiger partial charge in [-0.1, -0.05) is 11.6 Å². The van der Waals surface area contributed by atoms with Gasteiger partial charge in [-0.05, 0) is 77.5 Å². The van der Waals surface area contributed by atoms with Crippen LogP contribution in [-0.2, 0) is 4.79 Å². The highest BCUT2D eigenvalue weighted by Crippen LogP contribution is 2.33. The van der Waals surface area contributed by atoms with Gasteiger partial charge in [0.15, 0.2) is 6.10 Å². The van der Waals surface area contributed by atoms with E-state index in [1.807, 2.05) is 11.0 Å². The maximum Gasteiger partial charge on any atom is 0.263 e. The van der Waals surface area contributed by atoms with Gasteiger partial charge >= 0.3 is 0 Å². The second-order valence-corrected chi connectivity index (χ2v) is 8.37. The summed E-state index contributed by atoms with van der Waals surface area (Å²) in [5, 5.41) is 1.80. The number of amides is 1. The van der Waals surface area contributed by atoms with Crippen molar-refractivity contribution in [2.24, 2.45) is 0 Å². The minimum atomic E-state index is -0.550. The first-order valence-corrected chi connectivity index (χ1v) is 10.5. The Morgan fingerprint density at radius 3 is 2.89 bits per heavy atom. The summed E-state index contributed by atoms with van der Waals surface area (Å²) < 4.78 is 6.60. The number of ether oxygens (including phenoxy) is 1. The monoisotopic (exact) mass is 461 g/mol. The van der Waals surface area contributed by atoms with E-state index in [2.05, 4.69) is 38.2 Å². The molecular formula is C21H21BrClN3O2. The van der Waals surface area contributed by atoms with Gasteiger partial charge in [0, 0.05) is 35.9 Å². The molecule has 3 aromatic rings. The number of hydrogen-bond donors (Lipinski definition) is 1. The van der Waals surface area contributed by atoms with Gasteiger partial charge in [-0.25, -0.2) is 4.98 Å². The van der Waals surface area contributed by atoms with Gasteiger partial charge in [-0.15, -0.1) is 0 Å². The zero-order valence-corrected chi connectivity index (χ0v) is 17.8. The first-order chi connectivity index (χ1) is 13.5. The average Bonchev–Trinajstić information content (AvgIpc) is 3.14. The van der Waals surface area contributed by atoms with Crippen LogP contribution in [0.3, 0.4) is 0 Å². The number of halogens is 2. The Bertz CT molecular complexity index is 998. The predicted octanol–water partition coefficient (Wildman–Crippen LogP) is 5.15. The number of nitrogens with zero attached hydrogens (tertiary/aromatic N) is 2. The van der Waals surface area contributed by atoms with Crippen molar-refractivity contribution in [3.8, 4) is 5.75 Å². The molecule has 1 unspecified atom stereocenters. The molecule has 3 heterocycles. The molecule has 0 saturated carbocycles. The van der Waals surface area contributed by atoms with Crippen molar-refractivity contribution < 1.29 is 9.53 Å². The van der Waals surface area contributed by atoms with Gasteiger partial charge in [0.1, 0.15) is 11.4 Å². The van der Waals surface area contributed by atoms with E-state index in [9.17, 15) is 4.79 Å². The topological polar surface area (TPSA) is 58.2 Å². The first-order valence-electron chi connectivity index (χ1n) is 9.35. The van der Waals surface area contributed by atoms with Crippen LogP contribution < -0.4 is 4.74 Å². The number of carbonyl (C=O) groups excluding carboxylic acids is 1. The van der Waals surface area contributed by atoms with Crippen LogP contribution in [0.5, 0.6) is 5.75 Å². The lowest BCUT2D eigenvalue weighted by atomic mass is 9.89. The summed E-state index contributed by atoms with van der Waals surface area (Å²) in [4.78, 5) is 22.3. The fraction of sp³-hybridized carbons (Fsp3) is 0.333. The Morgan fingerprint density at radius 1 is 1.36 bits per heavy atom. The molecule has 0 bridgehead atoms. The lowest BCUT2D eigenvalue weighted by Gasteiger charge is -2.33. The van der Waals surface area contributed by atoms with Crippen LogP contribution in [0.1, 0.15) is 31.2 Å². The third-order valence-corrected chi connectivity index (χ3v) is 6.13. The van der Waals surface area contributed by atoms with Gasteiger partial charge in [-0.2, -0.15) is 0 Å². The average molecular weight is 463 g/mol. The van der Waals surface area contributed by atoms with Crippen molar-refractivity contribution in [1.29, 1.82) is 0 Å². The van der Waals surface area contributed by atoms with Crippen molar-refractivity contribution in [2.45, 2.75) is 31.8 Å². The Morgan fingerprint density at radius 2 is 2.14 bits per heavy atom. The Hall–Kier alpha value is -2.05. The third-order valence-electron chi connectivity index (χ3n) is 5.28. The van der Waals surface area contributed by atoms with Crippen LogP contribution in [0, 0.1) is 0 Å². The van der Waals surface area contributed by atoms with E-state index in [0.29, 0.717) is 16.7 Å². The maximum atomic E-state index is 12.8. The largest absolute Gasteiger partial charge is 0.480 e. The second kappa shape index (κ2) is 8.13. The predicted molar refractivity (Wildman–Crippen MR) is 114 cm³/mol. The lowest BCUT2D eigenvalue weighted by molar-refractivity contribution is -0.139. The fourth-order valence-electron chi connectivity index (χ4n) is 3.79. The summed E-state index contributed by atoms with van der Waals surface area (Å²) in [6.07, 6.45) is 5.18. The molecular weight excluding hydrogens is 442 g/mol. The molecule has 5 nitrogen and oxygen atoms in total. The van der Waals surface area contributed by atoms with Crippen LogP contribution in [0.4, 0.5) is 0 Å². The Kier molecular flexibility index (Phi) is 5.60. The summed E-state index contributed by atoms with van der Waals surface area (Å²) in [6, 6.07) is 9.35. The van der Waals surface area contributed by atoms with Crippen molar-refractivity contribution in [3.63, 3.8) is 0 Å². The highest BCUT2D eigenvalue weighted by atomic mass is 79.9. The molecule has 1 aromatic carbocycles. The second-order valence-electron chi connectivity index (χ2n) is 7.08. The number of benzene rings is 1. The quantitative estimate of drug-likeness (QED) is 0.583. The highest BCUT2D eigenvalue weighted by Gasteiger charge is 2.29. The van der Waals surface area contributed by atoms with E-state index in [1.54, 1.807) is 31.3 Å². The lowest BCUT2D eigenvalue weighted by Crippen LogP contribution is -2.44. The number of carbonyl (C=O) groups is 1. The van der Waals surface area contributed by atoms with Crippen LogP contribution in [0.25, 0.3) is 11.0 Å². The number of nitrogens with one attached hydrogen (secondary N) is 1. The number of hydrogen-bond acceptors (Lipinski definition) is 3. The number of aromatic nitrogens is 2. The van der Waals surface area contributed by atoms with Gasteiger partial charge in [-0.3, -0.25) is 4.79 Å². The van der Waals surface area contributed by atoms with Crippen molar-refractivity contribution >= 4 is 44.5 Å². The van der Waals surface area contributed by atoms with Gasteiger partial charge in [0.05, 0.1) is 4.47 Å². The minimum Gasteiger partial charge on any atom is -0.480 e. The molecule has 7 heteroatoms. The van der Waals surface area contributed by atoms with E-state index in [4.69, 9.17) is 16.3 Å². The van der Waals surface area contributed by atoms with Crippen LogP contribution >= 0.6 is 27.5 Å². The molecule has 1 amide bonds. The number of H-pyrrole nitrogens is 1. The van der Waals surface area contributed by atoms with Crippen LogP contribution in [-0.4, -0.2) is 40.0 Å². The molecule has 1 atom stereocenters. The SMILES string of the molecule is CC(Oc1ccc(Cl)cc1Br)C(=O)N1CCC(c2c[nH]c3ncccc23)CC1. The van der Waals surface area contributed by atoms with Crippen molar-refractivity contribution in [2.75, 3.05) is 13.1 Å².